The van der Waals surface area contributed by atoms with Gasteiger partial charge in [-0.1, -0.05) is 30.3 Å². The highest BCUT2D eigenvalue weighted by Crippen LogP contribution is 2.29. The zero-order chi connectivity index (χ0) is 14.9. The molecule has 2 N–H and O–H groups in total. The Morgan fingerprint density at radius 3 is 2.64 bits per heavy atom. The highest BCUT2D eigenvalue weighted by Gasteiger charge is 2.16. The van der Waals surface area contributed by atoms with E-state index in [0.29, 0.717) is 0 Å². The highest BCUT2D eigenvalue weighted by molar-refractivity contribution is 5.74. The van der Waals surface area contributed by atoms with Gasteiger partial charge < -0.3 is 15.4 Å². The lowest BCUT2D eigenvalue weighted by Crippen LogP contribution is -2.36. The van der Waals surface area contributed by atoms with Crippen molar-refractivity contribution in [3.8, 4) is 11.3 Å². The van der Waals surface area contributed by atoms with Crippen molar-refractivity contribution < 1.29 is 4.74 Å². The maximum Gasteiger partial charge on any atom is 0.139 e. The second-order valence-electron chi connectivity index (χ2n) is 5.45. The number of benzene rings is 1. The summed E-state index contributed by atoms with van der Waals surface area (Å²) >= 11 is 0. The summed E-state index contributed by atoms with van der Waals surface area (Å²) in [4.78, 5) is 6.80. The molecule has 1 aromatic carbocycles. The molecular weight excluding hydrogens is 276 g/mol. The number of nitrogens with zero attached hydrogens (tertiary/aromatic N) is 3. The fraction of sp³-hybridized carbons (Fsp3) is 0.235. The third-order valence-corrected chi connectivity index (χ3v) is 4.08. The van der Waals surface area contributed by atoms with E-state index in [1.165, 1.54) is 0 Å². The first kappa shape index (κ1) is 13.2. The number of rotatable bonds is 2. The van der Waals surface area contributed by atoms with Crippen LogP contribution in [0.25, 0.3) is 16.9 Å². The number of ether oxygens (including phenoxy) is 1. The summed E-state index contributed by atoms with van der Waals surface area (Å²) in [6.45, 7) is 3.22. The quantitative estimate of drug-likeness (QED) is 0.788. The second-order valence-corrected chi connectivity index (χ2v) is 5.45. The maximum absolute atomic E-state index is 6.29. The van der Waals surface area contributed by atoms with Gasteiger partial charge in [0.05, 0.1) is 36.5 Å². The van der Waals surface area contributed by atoms with Crippen LogP contribution in [-0.2, 0) is 4.74 Å². The first-order chi connectivity index (χ1) is 10.8. The molecule has 1 aliphatic rings. The van der Waals surface area contributed by atoms with E-state index in [2.05, 4.69) is 32.5 Å². The average Bonchev–Trinajstić information content (AvgIpc) is 2.98. The number of nitrogen functional groups attached to an aromatic ring is 1. The highest BCUT2D eigenvalue weighted by atomic mass is 16.5. The molecule has 0 spiro atoms. The monoisotopic (exact) mass is 294 g/mol. The van der Waals surface area contributed by atoms with Gasteiger partial charge >= 0.3 is 0 Å². The second kappa shape index (κ2) is 5.35. The van der Waals surface area contributed by atoms with Crippen molar-refractivity contribution in [1.29, 1.82) is 0 Å². The fourth-order valence-corrected chi connectivity index (χ4v) is 2.93. The summed E-state index contributed by atoms with van der Waals surface area (Å²) in [5.74, 6) is 0. The average molecular weight is 294 g/mol. The third kappa shape index (κ3) is 2.19. The van der Waals surface area contributed by atoms with Crippen molar-refractivity contribution in [2.24, 2.45) is 0 Å². The maximum atomic E-state index is 6.29. The first-order valence-electron chi connectivity index (χ1n) is 7.47. The summed E-state index contributed by atoms with van der Waals surface area (Å²) in [6.07, 6.45) is 3.86. The number of anilines is 2. The van der Waals surface area contributed by atoms with Crippen LogP contribution in [0.2, 0.25) is 0 Å². The number of pyridine rings is 1. The van der Waals surface area contributed by atoms with Crippen LogP contribution in [0.4, 0.5) is 11.4 Å². The van der Waals surface area contributed by atoms with Crippen molar-refractivity contribution in [2.75, 3.05) is 36.9 Å². The number of fused-ring (bicyclic) bond motifs is 1. The number of aromatic nitrogens is 2. The van der Waals surface area contributed by atoms with Gasteiger partial charge in [0, 0.05) is 30.9 Å². The Morgan fingerprint density at radius 1 is 1.09 bits per heavy atom. The molecule has 112 valence electrons. The van der Waals surface area contributed by atoms with Crippen LogP contribution >= 0.6 is 0 Å². The Morgan fingerprint density at radius 2 is 1.86 bits per heavy atom. The van der Waals surface area contributed by atoms with Crippen molar-refractivity contribution in [1.82, 2.24) is 9.38 Å². The third-order valence-electron chi connectivity index (χ3n) is 4.08. The zero-order valence-corrected chi connectivity index (χ0v) is 12.3. The molecule has 5 heteroatoms. The normalized spacial score (nSPS) is 15.4. The standard InChI is InChI=1S/C17H18N4O/c18-14-12-21-16(13-4-2-1-3-5-13)11-19-17(21)10-15(14)20-6-8-22-9-7-20/h1-5,10-12H,6-9,18H2. The van der Waals surface area contributed by atoms with E-state index < -0.39 is 0 Å². The Bertz CT molecular complexity index is 791. The molecule has 0 radical (unpaired) electrons. The van der Waals surface area contributed by atoms with Gasteiger partial charge in [0.2, 0.25) is 0 Å². The van der Waals surface area contributed by atoms with Crippen LogP contribution in [0.1, 0.15) is 0 Å². The summed E-state index contributed by atoms with van der Waals surface area (Å²) in [7, 11) is 0. The van der Waals surface area contributed by atoms with Gasteiger partial charge in [-0.3, -0.25) is 4.40 Å². The Balaban J connectivity index is 1.80. The topological polar surface area (TPSA) is 55.8 Å². The minimum absolute atomic E-state index is 0.744. The van der Waals surface area contributed by atoms with Gasteiger partial charge in [-0.25, -0.2) is 4.98 Å². The lowest BCUT2D eigenvalue weighted by Gasteiger charge is -2.29. The summed E-state index contributed by atoms with van der Waals surface area (Å²) in [6, 6.07) is 12.3. The SMILES string of the molecule is Nc1cn2c(-c3ccccc3)cnc2cc1N1CCOCC1. The van der Waals surface area contributed by atoms with Crippen LogP contribution in [0, 0.1) is 0 Å². The van der Waals surface area contributed by atoms with Crippen molar-refractivity contribution in [3.63, 3.8) is 0 Å². The number of morpholine rings is 1. The van der Waals surface area contributed by atoms with E-state index in [9.17, 15) is 0 Å². The number of hydrogen-bond acceptors (Lipinski definition) is 4. The van der Waals surface area contributed by atoms with Crippen molar-refractivity contribution in [3.05, 3.63) is 48.8 Å². The van der Waals surface area contributed by atoms with E-state index in [0.717, 1.165) is 54.6 Å². The van der Waals surface area contributed by atoms with Crippen LogP contribution < -0.4 is 10.6 Å². The zero-order valence-electron chi connectivity index (χ0n) is 12.3. The van der Waals surface area contributed by atoms with E-state index >= 15 is 0 Å². The molecule has 0 atom stereocenters. The number of imidazole rings is 1. The molecule has 1 aliphatic heterocycles. The van der Waals surface area contributed by atoms with Crippen LogP contribution in [0.5, 0.6) is 0 Å². The largest absolute Gasteiger partial charge is 0.396 e. The van der Waals surface area contributed by atoms with E-state index in [1.54, 1.807) is 0 Å². The molecule has 3 heterocycles. The van der Waals surface area contributed by atoms with Gasteiger partial charge in [-0.15, -0.1) is 0 Å². The minimum atomic E-state index is 0.744. The van der Waals surface area contributed by atoms with Gasteiger partial charge in [0.15, 0.2) is 0 Å². The van der Waals surface area contributed by atoms with Crippen LogP contribution in [0.15, 0.2) is 48.8 Å². The molecule has 0 unspecified atom stereocenters. The van der Waals surface area contributed by atoms with Gasteiger partial charge in [-0.05, 0) is 0 Å². The lowest BCUT2D eigenvalue weighted by molar-refractivity contribution is 0.123. The summed E-state index contributed by atoms with van der Waals surface area (Å²) < 4.78 is 7.46. The van der Waals surface area contributed by atoms with Crippen molar-refractivity contribution >= 4 is 17.0 Å². The fourth-order valence-electron chi connectivity index (χ4n) is 2.93. The van der Waals surface area contributed by atoms with Crippen molar-refractivity contribution in [2.45, 2.75) is 0 Å². The predicted molar refractivity (Wildman–Crippen MR) is 88.1 cm³/mol. The predicted octanol–water partition coefficient (Wildman–Crippen LogP) is 2.42. The number of hydrogen-bond donors (Lipinski definition) is 1. The molecule has 5 nitrogen and oxygen atoms in total. The molecule has 0 amide bonds. The molecule has 3 aromatic rings. The van der Waals surface area contributed by atoms with Gasteiger partial charge in [-0.2, -0.15) is 0 Å². The Kier molecular flexibility index (Phi) is 3.20. The molecule has 2 aromatic heterocycles. The Labute approximate surface area is 128 Å². The van der Waals surface area contributed by atoms with Crippen LogP contribution in [-0.4, -0.2) is 35.7 Å². The summed E-state index contributed by atoms with van der Waals surface area (Å²) in [5.41, 5.74) is 11.2. The van der Waals surface area contributed by atoms with Gasteiger partial charge in [0.1, 0.15) is 5.65 Å². The molecule has 22 heavy (non-hydrogen) atoms. The molecule has 0 bridgehead atoms. The molecule has 0 aliphatic carbocycles. The van der Waals surface area contributed by atoms with Crippen LogP contribution in [0.3, 0.4) is 0 Å². The Hall–Kier alpha value is -2.53. The van der Waals surface area contributed by atoms with E-state index in [-0.39, 0.29) is 0 Å². The minimum Gasteiger partial charge on any atom is -0.396 e. The molecule has 1 saturated heterocycles. The number of nitrogens with two attached hydrogens (primary N) is 1. The smallest absolute Gasteiger partial charge is 0.139 e. The molecule has 4 rings (SSSR count). The van der Waals surface area contributed by atoms with Gasteiger partial charge in [0.25, 0.3) is 0 Å². The first-order valence-corrected chi connectivity index (χ1v) is 7.47. The van der Waals surface area contributed by atoms with E-state index in [4.69, 9.17) is 10.5 Å². The molecular formula is C17H18N4O. The lowest BCUT2D eigenvalue weighted by atomic mass is 10.2. The summed E-state index contributed by atoms with van der Waals surface area (Å²) in [5, 5.41) is 0. The van der Waals surface area contributed by atoms with E-state index in [1.807, 2.05) is 30.6 Å². The molecule has 1 fully saturated rings. The molecule has 0 saturated carbocycles.